The van der Waals surface area contributed by atoms with Gasteiger partial charge in [-0.3, -0.25) is 0 Å². The molecule has 17 heavy (non-hydrogen) atoms. The fraction of sp³-hybridized carbons (Fsp3) is 0.923. The molecule has 4 nitrogen and oxygen atoms in total. The van der Waals surface area contributed by atoms with Crippen molar-refractivity contribution in [1.29, 1.82) is 0 Å². The van der Waals surface area contributed by atoms with Crippen molar-refractivity contribution >= 4 is 6.03 Å². The van der Waals surface area contributed by atoms with Crippen LogP contribution in [0.1, 0.15) is 39.5 Å². The van der Waals surface area contributed by atoms with E-state index in [1.807, 2.05) is 18.7 Å². The van der Waals surface area contributed by atoms with Gasteiger partial charge < -0.3 is 16.0 Å². The highest BCUT2D eigenvalue weighted by molar-refractivity contribution is 5.74. The molecule has 1 saturated carbocycles. The summed E-state index contributed by atoms with van der Waals surface area (Å²) < 4.78 is 0. The highest BCUT2D eigenvalue weighted by Gasteiger charge is 2.24. The number of nitrogens with one attached hydrogen (secondary N) is 1. The van der Waals surface area contributed by atoms with Crippen LogP contribution in [0.2, 0.25) is 0 Å². The maximum absolute atomic E-state index is 11.8. The van der Waals surface area contributed by atoms with Crippen molar-refractivity contribution in [2.45, 2.75) is 39.5 Å². The smallest absolute Gasteiger partial charge is 0.317 e. The molecule has 2 amide bonds. The minimum atomic E-state index is 0.0661. The van der Waals surface area contributed by atoms with E-state index in [9.17, 15) is 4.79 Å². The molecule has 0 saturated heterocycles. The molecule has 4 heteroatoms. The quantitative estimate of drug-likeness (QED) is 0.771. The minimum absolute atomic E-state index is 0.0661. The Morgan fingerprint density at radius 3 is 2.35 bits per heavy atom. The summed E-state index contributed by atoms with van der Waals surface area (Å²) in [5, 5.41) is 3.05. The summed E-state index contributed by atoms with van der Waals surface area (Å²) in [6, 6.07) is 0.0661. The number of amides is 2. The van der Waals surface area contributed by atoms with Crippen LogP contribution in [0, 0.1) is 11.8 Å². The van der Waals surface area contributed by atoms with Crippen molar-refractivity contribution in [1.82, 2.24) is 10.2 Å². The molecule has 3 N–H and O–H groups in total. The normalized spacial score (nSPS) is 24.4. The van der Waals surface area contributed by atoms with Gasteiger partial charge in [0, 0.05) is 19.6 Å². The van der Waals surface area contributed by atoms with Crippen LogP contribution in [0.3, 0.4) is 0 Å². The van der Waals surface area contributed by atoms with E-state index < -0.39 is 0 Å². The summed E-state index contributed by atoms with van der Waals surface area (Å²) in [5.41, 5.74) is 5.79. The first-order valence-corrected chi connectivity index (χ1v) is 6.95. The summed E-state index contributed by atoms with van der Waals surface area (Å²) >= 11 is 0. The second-order valence-corrected chi connectivity index (χ2v) is 4.90. The molecule has 100 valence electrons. The Kier molecular flexibility index (Phi) is 6.34. The first-order chi connectivity index (χ1) is 8.22. The summed E-state index contributed by atoms with van der Waals surface area (Å²) in [6.45, 7) is 7.10. The molecule has 0 heterocycles. The largest absolute Gasteiger partial charge is 0.338 e. The van der Waals surface area contributed by atoms with Gasteiger partial charge in [-0.2, -0.15) is 0 Å². The van der Waals surface area contributed by atoms with Gasteiger partial charge in [0.1, 0.15) is 0 Å². The van der Waals surface area contributed by atoms with Crippen molar-refractivity contribution in [2.75, 3.05) is 26.2 Å². The molecule has 2 atom stereocenters. The maximum atomic E-state index is 11.8. The molecule has 1 aliphatic carbocycles. The van der Waals surface area contributed by atoms with Crippen molar-refractivity contribution in [3.05, 3.63) is 0 Å². The van der Waals surface area contributed by atoms with Crippen LogP contribution in [0.5, 0.6) is 0 Å². The number of hydrogen-bond acceptors (Lipinski definition) is 2. The van der Waals surface area contributed by atoms with Crippen LogP contribution in [-0.2, 0) is 0 Å². The van der Waals surface area contributed by atoms with E-state index in [0.29, 0.717) is 11.8 Å². The Labute approximate surface area is 105 Å². The van der Waals surface area contributed by atoms with E-state index in [1.54, 1.807) is 0 Å². The third-order valence-corrected chi connectivity index (χ3v) is 3.94. The lowest BCUT2D eigenvalue weighted by atomic mass is 9.79. The molecule has 0 aliphatic heterocycles. The molecule has 1 aliphatic rings. The van der Waals surface area contributed by atoms with Gasteiger partial charge in [0.15, 0.2) is 0 Å². The lowest BCUT2D eigenvalue weighted by molar-refractivity contribution is 0.191. The Balaban J connectivity index is 2.35. The van der Waals surface area contributed by atoms with Crippen molar-refractivity contribution in [2.24, 2.45) is 17.6 Å². The second-order valence-electron chi connectivity index (χ2n) is 4.90. The molecule has 2 unspecified atom stereocenters. The predicted octanol–water partition coefficient (Wildman–Crippen LogP) is 1.80. The van der Waals surface area contributed by atoms with Gasteiger partial charge >= 0.3 is 6.03 Å². The number of carbonyl (C=O) groups is 1. The first-order valence-electron chi connectivity index (χ1n) is 6.95. The average Bonchev–Trinajstić information content (AvgIpc) is 2.38. The van der Waals surface area contributed by atoms with Crippen LogP contribution in [0.25, 0.3) is 0 Å². The topological polar surface area (TPSA) is 58.4 Å². The van der Waals surface area contributed by atoms with Crippen LogP contribution in [0.4, 0.5) is 4.79 Å². The number of rotatable bonds is 5. The minimum Gasteiger partial charge on any atom is -0.338 e. The standard InChI is InChI=1S/C13H27N3O/c1-3-16(4-2)13(17)15-10-12-8-6-5-7-11(12)9-14/h11-12H,3-10,14H2,1-2H3,(H,15,17). The molecule has 0 aromatic carbocycles. The third kappa shape index (κ3) is 4.19. The zero-order valence-electron chi connectivity index (χ0n) is 11.2. The van der Waals surface area contributed by atoms with Gasteiger partial charge in [0.2, 0.25) is 0 Å². The van der Waals surface area contributed by atoms with E-state index in [1.165, 1.54) is 25.7 Å². The molecule has 0 radical (unpaired) electrons. The Bertz CT molecular complexity index is 229. The number of urea groups is 1. The second kappa shape index (κ2) is 7.54. The summed E-state index contributed by atoms with van der Waals surface area (Å²) in [7, 11) is 0. The number of nitrogens with two attached hydrogens (primary N) is 1. The fourth-order valence-electron chi connectivity index (χ4n) is 2.70. The lowest BCUT2D eigenvalue weighted by Gasteiger charge is -2.31. The molecule has 0 bridgehead atoms. The van der Waals surface area contributed by atoms with Gasteiger partial charge in [-0.15, -0.1) is 0 Å². The van der Waals surface area contributed by atoms with Crippen molar-refractivity contribution < 1.29 is 4.79 Å². The van der Waals surface area contributed by atoms with Crippen LogP contribution < -0.4 is 11.1 Å². The van der Waals surface area contributed by atoms with Crippen LogP contribution >= 0.6 is 0 Å². The summed E-state index contributed by atoms with van der Waals surface area (Å²) in [6.07, 6.45) is 5.01. The van der Waals surface area contributed by atoms with Gasteiger partial charge in [-0.05, 0) is 45.1 Å². The van der Waals surface area contributed by atoms with Gasteiger partial charge in [-0.1, -0.05) is 12.8 Å². The average molecular weight is 241 g/mol. The zero-order chi connectivity index (χ0) is 12.7. The Morgan fingerprint density at radius 2 is 1.82 bits per heavy atom. The third-order valence-electron chi connectivity index (χ3n) is 3.94. The van der Waals surface area contributed by atoms with E-state index in [4.69, 9.17) is 5.73 Å². The summed E-state index contributed by atoms with van der Waals surface area (Å²) in [5.74, 6) is 1.18. The zero-order valence-corrected chi connectivity index (χ0v) is 11.2. The van der Waals surface area contributed by atoms with Crippen molar-refractivity contribution in [3.8, 4) is 0 Å². The van der Waals surface area contributed by atoms with E-state index in [0.717, 1.165) is 26.2 Å². The van der Waals surface area contributed by atoms with Gasteiger partial charge in [-0.25, -0.2) is 4.79 Å². The summed E-state index contributed by atoms with van der Waals surface area (Å²) in [4.78, 5) is 13.6. The molecule has 0 aromatic heterocycles. The first kappa shape index (κ1) is 14.3. The van der Waals surface area contributed by atoms with E-state index in [2.05, 4.69) is 5.32 Å². The SMILES string of the molecule is CCN(CC)C(=O)NCC1CCCCC1CN. The predicted molar refractivity (Wildman–Crippen MR) is 70.8 cm³/mol. The van der Waals surface area contributed by atoms with Gasteiger partial charge in [0.05, 0.1) is 0 Å². The number of hydrogen-bond donors (Lipinski definition) is 2. The monoisotopic (exact) mass is 241 g/mol. The fourth-order valence-corrected chi connectivity index (χ4v) is 2.70. The van der Waals surface area contributed by atoms with E-state index in [-0.39, 0.29) is 6.03 Å². The molecular weight excluding hydrogens is 214 g/mol. The van der Waals surface area contributed by atoms with Gasteiger partial charge in [0.25, 0.3) is 0 Å². The Hall–Kier alpha value is -0.770. The van der Waals surface area contributed by atoms with Crippen LogP contribution in [0.15, 0.2) is 0 Å². The molecular formula is C13H27N3O. The Morgan fingerprint density at radius 1 is 1.24 bits per heavy atom. The molecule has 1 rings (SSSR count). The van der Waals surface area contributed by atoms with E-state index >= 15 is 0 Å². The maximum Gasteiger partial charge on any atom is 0.317 e. The molecule has 0 spiro atoms. The molecule has 1 fully saturated rings. The lowest BCUT2D eigenvalue weighted by Crippen LogP contribution is -2.43. The molecule has 0 aromatic rings. The van der Waals surface area contributed by atoms with Crippen LogP contribution in [-0.4, -0.2) is 37.1 Å². The number of carbonyl (C=O) groups excluding carboxylic acids is 1. The highest BCUT2D eigenvalue weighted by atomic mass is 16.2. The number of nitrogens with zero attached hydrogens (tertiary/aromatic N) is 1. The highest BCUT2D eigenvalue weighted by Crippen LogP contribution is 2.28. The van der Waals surface area contributed by atoms with Crippen molar-refractivity contribution in [3.63, 3.8) is 0 Å².